The van der Waals surface area contributed by atoms with Crippen molar-refractivity contribution in [2.24, 2.45) is 5.92 Å². The predicted molar refractivity (Wildman–Crippen MR) is 76.5 cm³/mol. The van der Waals surface area contributed by atoms with Gasteiger partial charge in [-0.2, -0.15) is 0 Å². The lowest BCUT2D eigenvalue weighted by Crippen LogP contribution is -2.57. The number of benzene rings is 1. The summed E-state index contributed by atoms with van der Waals surface area (Å²) in [5.41, 5.74) is 0.703. The van der Waals surface area contributed by atoms with E-state index in [0.29, 0.717) is 11.5 Å². The Balaban J connectivity index is 1.57. The highest BCUT2D eigenvalue weighted by Gasteiger charge is 2.34. The molecule has 1 aromatic rings. The normalized spacial score (nSPS) is 28.8. The van der Waals surface area contributed by atoms with E-state index >= 15 is 0 Å². The van der Waals surface area contributed by atoms with Crippen molar-refractivity contribution in [3.05, 3.63) is 41.7 Å². The Morgan fingerprint density at radius 3 is 2.80 bits per heavy atom. The number of fused-ring (bicyclic) bond motifs is 3. The highest BCUT2D eigenvalue weighted by molar-refractivity contribution is 5.91. The fourth-order valence-electron chi connectivity index (χ4n) is 3.14. The van der Waals surface area contributed by atoms with Gasteiger partial charge in [0.05, 0.1) is 0 Å². The minimum Gasteiger partial charge on any atom is -0.348 e. The third kappa shape index (κ3) is 3.07. The van der Waals surface area contributed by atoms with Crippen LogP contribution in [0.2, 0.25) is 0 Å². The first kappa shape index (κ1) is 13.3. The molecule has 106 valence electrons. The monoisotopic (exact) mass is 274 g/mol. The van der Waals surface area contributed by atoms with E-state index in [1.807, 2.05) is 0 Å². The first-order chi connectivity index (χ1) is 9.70. The Labute approximate surface area is 118 Å². The third-order valence-corrected chi connectivity index (χ3v) is 4.26. The molecule has 3 saturated heterocycles. The molecule has 1 unspecified atom stereocenters. The van der Waals surface area contributed by atoms with Crippen molar-refractivity contribution in [1.82, 2.24) is 10.2 Å². The maximum absolute atomic E-state index is 13.0. The van der Waals surface area contributed by atoms with Crippen LogP contribution in [0.3, 0.4) is 0 Å². The minimum atomic E-state index is -0.287. The van der Waals surface area contributed by atoms with Crippen LogP contribution in [-0.2, 0) is 4.79 Å². The summed E-state index contributed by atoms with van der Waals surface area (Å²) in [5.74, 6) is 0.240. The molecule has 0 radical (unpaired) electrons. The van der Waals surface area contributed by atoms with Crippen molar-refractivity contribution in [3.63, 3.8) is 0 Å². The van der Waals surface area contributed by atoms with Crippen molar-refractivity contribution in [1.29, 1.82) is 0 Å². The van der Waals surface area contributed by atoms with E-state index in [2.05, 4.69) is 10.2 Å². The number of carbonyl (C=O) groups is 1. The summed E-state index contributed by atoms with van der Waals surface area (Å²) < 4.78 is 13.0. The van der Waals surface area contributed by atoms with Crippen molar-refractivity contribution in [2.75, 3.05) is 19.6 Å². The van der Waals surface area contributed by atoms with Crippen molar-refractivity contribution in [2.45, 2.75) is 18.9 Å². The van der Waals surface area contributed by atoms with Crippen LogP contribution >= 0.6 is 0 Å². The van der Waals surface area contributed by atoms with Gasteiger partial charge in [-0.3, -0.25) is 4.79 Å². The molecule has 3 aliphatic heterocycles. The second-order valence-electron chi connectivity index (χ2n) is 5.64. The van der Waals surface area contributed by atoms with Gasteiger partial charge in [0.15, 0.2) is 0 Å². The molecule has 0 saturated carbocycles. The number of piperidine rings is 3. The molecule has 4 rings (SSSR count). The molecule has 1 atom stereocenters. The average molecular weight is 274 g/mol. The third-order valence-electron chi connectivity index (χ3n) is 4.26. The van der Waals surface area contributed by atoms with Gasteiger partial charge in [0.1, 0.15) is 5.82 Å². The number of halogens is 1. The molecular formula is C16H19FN2O. The zero-order chi connectivity index (χ0) is 13.9. The van der Waals surface area contributed by atoms with Crippen molar-refractivity contribution < 1.29 is 9.18 Å². The molecule has 0 spiro atoms. The molecule has 3 nitrogen and oxygen atoms in total. The summed E-state index contributed by atoms with van der Waals surface area (Å²) in [5, 5.41) is 3.07. The quantitative estimate of drug-likeness (QED) is 0.856. The molecule has 3 fully saturated rings. The Bertz CT molecular complexity index is 521. The molecule has 2 bridgehead atoms. The second kappa shape index (κ2) is 5.75. The lowest BCUT2D eigenvalue weighted by atomic mass is 9.84. The van der Waals surface area contributed by atoms with E-state index in [0.717, 1.165) is 19.6 Å². The molecule has 4 heteroatoms. The zero-order valence-corrected chi connectivity index (χ0v) is 11.4. The largest absolute Gasteiger partial charge is 0.348 e. The molecule has 20 heavy (non-hydrogen) atoms. The fraction of sp³-hybridized carbons (Fsp3) is 0.438. The average Bonchev–Trinajstić information content (AvgIpc) is 2.46. The summed E-state index contributed by atoms with van der Waals surface area (Å²) in [6.45, 7) is 3.29. The Morgan fingerprint density at radius 1 is 1.35 bits per heavy atom. The van der Waals surface area contributed by atoms with Gasteiger partial charge in [-0.25, -0.2) is 4.39 Å². The first-order valence-corrected chi connectivity index (χ1v) is 7.17. The number of carbonyl (C=O) groups excluding carboxylic acids is 1. The van der Waals surface area contributed by atoms with Crippen LogP contribution in [0.4, 0.5) is 4.39 Å². The van der Waals surface area contributed by atoms with Gasteiger partial charge < -0.3 is 10.2 Å². The molecular weight excluding hydrogens is 255 g/mol. The second-order valence-corrected chi connectivity index (χ2v) is 5.64. The fourth-order valence-corrected chi connectivity index (χ4v) is 3.14. The van der Waals surface area contributed by atoms with Gasteiger partial charge in [-0.15, -0.1) is 0 Å². The Morgan fingerprint density at radius 2 is 2.15 bits per heavy atom. The van der Waals surface area contributed by atoms with Gasteiger partial charge >= 0.3 is 0 Å². The molecule has 0 aliphatic carbocycles. The topological polar surface area (TPSA) is 32.3 Å². The van der Waals surface area contributed by atoms with E-state index in [1.165, 1.54) is 31.1 Å². The molecule has 3 aliphatic rings. The van der Waals surface area contributed by atoms with Gasteiger partial charge in [0.25, 0.3) is 0 Å². The molecule has 1 N–H and O–H groups in total. The van der Waals surface area contributed by atoms with Crippen LogP contribution in [0, 0.1) is 11.7 Å². The molecule has 1 amide bonds. The lowest BCUT2D eigenvalue weighted by Gasteiger charge is -2.44. The van der Waals surface area contributed by atoms with Gasteiger partial charge in [-0.05, 0) is 55.6 Å². The maximum atomic E-state index is 13.0. The number of nitrogens with zero attached hydrogens (tertiary/aromatic N) is 1. The van der Waals surface area contributed by atoms with E-state index < -0.39 is 0 Å². The summed E-state index contributed by atoms with van der Waals surface area (Å²) in [6.07, 6.45) is 5.50. The predicted octanol–water partition coefficient (Wildman–Crippen LogP) is 2.05. The van der Waals surface area contributed by atoms with E-state index in [1.54, 1.807) is 18.2 Å². The zero-order valence-electron chi connectivity index (χ0n) is 11.4. The van der Waals surface area contributed by atoms with E-state index in [9.17, 15) is 9.18 Å². The van der Waals surface area contributed by atoms with Crippen LogP contribution in [0.1, 0.15) is 18.4 Å². The highest BCUT2D eigenvalue weighted by Crippen LogP contribution is 2.27. The van der Waals surface area contributed by atoms with Gasteiger partial charge in [0, 0.05) is 18.7 Å². The minimum absolute atomic E-state index is 0.0898. The number of nitrogens with one attached hydrogen (secondary N) is 1. The number of rotatable bonds is 3. The summed E-state index contributed by atoms with van der Waals surface area (Å²) >= 11 is 0. The van der Waals surface area contributed by atoms with Crippen LogP contribution in [0.5, 0.6) is 0 Å². The van der Waals surface area contributed by atoms with Crippen LogP contribution < -0.4 is 5.32 Å². The number of amides is 1. The van der Waals surface area contributed by atoms with Crippen LogP contribution in [0.25, 0.3) is 6.08 Å². The van der Waals surface area contributed by atoms with Crippen LogP contribution in [0.15, 0.2) is 30.3 Å². The first-order valence-electron chi connectivity index (χ1n) is 7.17. The van der Waals surface area contributed by atoms with Gasteiger partial charge in [-0.1, -0.05) is 12.1 Å². The number of hydrogen-bond donors (Lipinski definition) is 1. The van der Waals surface area contributed by atoms with Crippen LogP contribution in [-0.4, -0.2) is 36.5 Å². The SMILES string of the molecule is O=C(C=Cc1cccc(F)c1)NC1CN2CCC1CC2. The standard InChI is InChI=1S/C16H19FN2O/c17-14-3-1-2-12(10-14)4-5-16(20)18-15-11-19-8-6-13(15)7-9-19/h1-5,10,13,15H,6-9,11H2,(H,18,20). The summed E-state index contributed by atoms with van der Waals surface area (Å²) in [4.78, 5) is 14.3. The Kier molecular flexibility index (Phi) is 3.83. The van der Waals surface area contributed by atoms with Crippen molar-refractivity contribution in [3.8, 4) is 0 Å². The Hall–Kier alpha value is -1.68. The molecule has 1 aromatic carbocycles. The molecule has 0 aromatic heterocycles. The van der Waals surface area contributed by atoms with E-state index in [4.69, 9.17) is 0 Å². The highest BCUT2D eigenvalue weighted by atomic mass is 19.1. The lowest BCUT2D eigenvalue weighted by molar-refractivity contribution is -0.118. The van der Waals surface area contributed by atoms with E-state index in [-0.39, 0.29) is 17.8 Å². The number of hydrogen-bond acceptors (Lipinski definition) is 2. The maximum Gasteiger partial charge on any atom is 0.244 e. The molecule has 3 heterocycles. The smallest absolute Gasteiger partial charge is 0.244 e. The summed E-state index contributed by atoms with van der Waals surface area (Å²) in [6, 6.07) is 6.49. The van der Waals surface area contributed by atoms with Gasteiger partial charge in [0.2, 0.25) is 5.91 Å². The summed E-state index contributed by atoms with van der Waals surface area (Å²) in [7, 11) is 0. The van der Waals surface area contributed by atoms with Crippen molar-refractivity contribution >= 4 is 12.0 Å².